The summed E-state index contributed by atoms with van der Waals surface area (Å²) in [6.07, 6.45) is 2.01. The van der Waals surface area contributed by atoms with Crippen LogP contribution in [0.15, 0.2) is 107 Å². The summed E-state index contributed by atoms with van der Waals surface area (Å²) in [4.78, 5) is 57.1. The van der Waals surface area contributed by atoms with Crippen LogP contribution >= 0.6 is 39.1 Å². The lowest BCUT2D eigenvalue weighted by Gasteiger charge is -2.51. The number of fused-ring (bicyclic) bond motifs is 5. The minimum Gasteiger partial charge on any atom is -0.507 e. The molecule has 3 fully saturated rings. The van der Waals surface area contributed by atoms with E-state index in [0.717, 1.165) is 10.6 Å². The van der Waals surface area contributed by atoms with Crippen molar-refractivity contribution in [1.29, 1.82) is 0 Å². The van der Waals surface area contributed by atoms with Crippen molar-refractivity contribution >= 4 is 96.3 Å². The number of allylic oxidation sites excluding steroid dienone is 2. The maximum absolute atomic E-state index is 14.5. The van der Waals surface area contributed by atoms with Crippen LogP contribution in [-0.4, -0.2) is 62.9 Å². The number of aromatic hydroxyl groups is 1. The van der Waals surface area contributed by atoms with Crippen molar-refractivity contribution in [3.63, 3.8) is 0 Å². The van der Waals surface area contributed by atoms with Gasteiger partial charge in [-0.2, -0.15) is 10.2 Å². The van der Waals surface area contributed by atoms with Crippen molar-refractivity contribution in [2.45, 2.75) is 28.5 Å². The molecule has 1 saturated carbocycles. The van der Waals surface area contributed by atoms with Crippen LogP contribution in [-0.2, 0) is 19.2 Å². The first-order valence-electron chi connectivity index (χ1n) is 16.8. The smallest absolute Gasteiger partial charge is 0.254 e. The van der Waals surface area contributed by atoms with Crippen molar-refractivity contribution in [3.05, 3.63) is 102 Å². The van der Waals surface area contributed by atoms with Crippen LogP contribution in [0.5, 0.6) is 5.75 Å². The SMILES string of the molecule is CN(C)c1ccc(N=Nc2ccc(N3C(=O)C4CC=C5C(CC6(Cl)C(=O)N(CBr)C(=O)C6(Cl)C5c5ccc(O)c6ccccc56)C4C3=O)cc2)cc1. The monoisotopic (exact) mass is 799 g/mol. The summed E-state index contributed by atoms with van der Waals surface area (Å²) in [6, 6.07) is 24.7. The highest BCUT2D eigenvalue weighted by molar-refractivity contribution is 9.09. The molecule has 1 N–H and O–H groups in total. The average Bonchev–Trinajstić information content (AvgIpc) is 3.49. The number of azo groups is 1. The van der Waals surface area contributed by atoms with Gasteiger partial charge in [0.2, 0.25) is 11.8 Å². The predicted molar refractivity (Wildman–Crippen MR) is 203 cm³/mol. The molecule has 6 atom stereocenters. The largest absolute Gasteiger partial charge is 0.507 e. The average molecular weight is 802 g/mol. The molecule has 2 aliphatic carbocycles. The van der Waals surface area contributed by atoms with E-state index in [1.165, 1.54) is 11.0 Å². The van der Waals surface area contributed by atoms with Gasteiger partial charge in [0.05, 0.1) is 34.4 Å². The maximum Gasteiger partial charge on any atom is 0.254 e. The molecule has 13 heteroatoms. The number of rotatable bonds is 6. The van der Waals surface area contributed by atoms with Gasteiger partial charge in [-0.05, 0) is 84.3 Å². The van der Waals surface area contributed by atoms with Crippen LogP contribution < -0.4 is 9.80 Å². The number of phenolic OH excluding ortho intramolecular Hbond substituents is 1. The first-order chi connectivity index (χ1) is 24.9. The van der Waals surface area contributed by atoms with E-state index < -0.39 is 51.1 Å². The first-order valence-corrected chi connectivity index (χ1v) is 18.7. The molecule has 264 valence electrons. The molecule has 4 amide bonds. The van der Waals surface area contributed by atoms with E-state index in [4.69, 9.17) is 23.2 Å². The summed E-state index contributed by atoms with van der Waals surface area (Å²) in [5.41, 5.74) is 3.80. The van der Waals surface area contributed by atoms with Gasteiger partial charge in [0.1, 0.15) is 5.75 Å². The highest BCUT2D eigenvalue weighted by atomic mass is 79.9. The van der Waals surface area contributed by atoms with Gasteiger partial charge in [-0.15, -0.1) is 23.2 Å². The Morgan fingerprint density at radius 2 is 1.46 bits per heavy atom. The van der Waals surface area contributed by atoms with E-state index in [-0.39, 0.29) is 30.0 Å². The van der Waals surface area contributed by atoms with Crippen LogP contribution in [0.2, 0.25) is 0 Å². The van der Waals surface area contributed by atoms with Crippen molar-refractivity contribution < 1.29 is 24.3 Å². The topological polar surface area (TPSA) is 123 Å². The lowest BCUT2D eigenvalue weighted by Crippen LogP contribution is -2.60. The molecule has 0 spiro atoms. The number of hydrogen-bond acceptors (Lipinski definition) is 8. The Balaban J connectivity index is 1.16. The third-order valence-corrected chi connectivity index (χ3v) is 12.9. The number of halogens is 3. The van der Waals surface area contributed by atoms with E-state index in [0.29, 0.717) is 39.0 Å². The molecule has 0 bridgehead atoms. The van der Waals surface area contributed by atoms with Gasteiger partial charge in [-0.1, -0.05) is 57.9 Å². The summed E-state index contributed by atoms with van der Waals surface area (Å²) in [7, 11) is 3.91. The van der Waals surface area contributed by atoms with Crippen LogP contribution in [0.1, 0.15) is 24.3 Å². The van der Waals surface area contributed by atoms with Crippen LogP contribution in [0.3, 0.4) is 0 Å². The maximum atomic E-state index is 14.5. The van der Waals surface area contributed by atoms with E-state index >= 15 is 0 Å². The molecular weight excluding hydrogens is 769 g/mol. The molecule has 0 radical (unpaired) electrons. The van der Waals surface area contributed by atoms with Gasteiger partial charge in [0.25, 0.3) is 11.8 Å². The highest BCUT2D eigenvalue weighted by Gasteiger charge is 2.76. The van der Waals surface area contributed by atoms with Crippen molar-refractivity contribution in [2.75, 3.05) is 29.3 Å². The van der Waals surface area contributed by atoms with Crippen molar-refractivity contribution in [3.8, 4) is 5.75 Å². The zero-order valence-electron chi connectivity index (χ0n) is 28.0. The quantitative estimate of drug-likeness (QED) is 0.0695. The van der Waals surface area contributed by atoms with Crippen molar-refractivity contribution in [2.24, 2.45) is 28.0 Å². The van der Waals surface area contributed by atoms with Gasteiger partial charge in [-0.3, -0.25) is 29.0 Å². The van der Waals surface area contributed by atoms with E-state index in [1.807, 2.05) is 61.5 Å². The Bertz CT molecular complexity index is 2250. The predicted octanol–water partition coefficient (Wildman–Crippen LogP) is 7.94. The summed E-state index contributed by atoms with van der Waals surface area (Å²) >= 11 is 18.1. The minimum absolute atomic E-state index is 0.0411. The lowest BCUT2D eigenvalue weighted by atomic mass is 9.56. The Kier molecular flexibility index (Phi) is 8.31. The number of likely N-dealkylation sites (tertiary alicyclic amines) is 1. The van der Waals surface area contributed by atoms with Gasteiger partial charge in [0.15, 0.2) is 9.75 Å². The normalized spacial score (nSPS) is 28.4. The number of amides is 4. The molecule has 0 aromatic heterocycles. The second kappa shape index (κ2) is 12.5. The fraction of sp³-hybridized carbons (Fsp3) is 0.282. The van der Waals surface area contributed by atoms with Crippen LogP contribution in [0.25, 0.3) is 10.8 Å². The van der Waals surface area contributed by atoms with Crippen molar-refractivity contribution in [1.82, 2.24) is 4.90 Å². The molecule has 8 rings (SSSR count). The first kappa shape index (κ1) is 34.5. The number of hydrogen-bond donors (Lipinski definition) is 1. The molecule has 2 saturated heterocycles. The van der Waals surface area contributed by atoms with Gasteiger partial charge in [0, 0.05) is 31.1 Å². The minimum atomic E-state index is -1.95. The number of phenols is 1. The summed E-state index contributed by atoms with van der Waals surface area (Å²) in [6.45, 7) is 0. The van der Waals surface area contributed by atoms with Crippen LogP contribution in [0.4, 0.5) is 22.7 Å². The fourth-order valence-corrected chi connectivity index (χ4v) is 9.93. The summed E-state index contributed by atoms with van der Waals surface area (Å²) < 4.78 is 0. The Morgan fingerprint density at radius 3 is 2.10 bits per heavy atom. The fourth-order valence-electron chi connectivity index (χ4n) is 8.51. The summed E-state index contributed by atoms with van der Waals surface area (Å²) in [5, 5.41) is 20.5. The molecule has 4 aromatic carbocycles. The molecule has 2 heterocycles. The zero-order chi connectivity index (χ0) is 36.7. The molecule has 2 aliphatic heterocycles. The number of carbonyl (C=O) groups is 4. The molecule has 10 nitrogen and oxygen atoms in total. The standard InChI is InChI=1S/C39H32BrCl2N5O5/c1-45(2)23-11-7-21(8-12-23)43-44-22-9-13-24(14-10-22)47-34(49)29-16-15-28-30(32(29)35(47)50)19-38(41)36(51)46(20-40)37(52)39(38,42)33(28)27-17-18-31(48)26-6-4-3-5-25(26)27/h3-15,17-18,29-30,32-33,48H,16,19-20H2,1-2H3. The zero-order valence-corrected chi connectivity index (χ0v) is 31.1. The van der Waals surface area contributed by atoms with E-state index in [9.17, 15) is 24.3 Å². The van der Waals surface area contributed by atoms with Crippen LogP contribution in [0, 0.1) is 17.8 Å². The Morgan fingerprint density at radius 1 is 0.827 bits per heavy atom. The summed E-state index contributed by atoms with van der Waals surface area (Å²) in [5.74, 6) is -5.20. The van der Waals surface area contributed by atoms with E-state index in [2.05, 4.69) is 26.2 Å². The molecular formula is C39H32BrCl2N5O5. The lowest BCUT2D eigenvalue weighted by molar-refractivity contribution is -0.138. The van der Waals surface area contributed by atoms with Gasteiger partial charge in [-0.25, -0.2) is 0 Å². The Hall–Kier alpha value is -4.58. The Labute approximate surface area is 317 Å². The van der Waals surface area contributed by atoms with Gasteiger partial charge >= 0.3 is 0 Å². The second-order valence-corrected chi connectivity index (χ2v) is 15.6. The second-order valence-electron chi connectivity index (χ2n) is 13.8. The number of benzene rings is 4. The van der Waals surface area contributed by atoms with Gasteiger partial charge < -0.3 is 10.0 Å². The molecule has 4 aliphatic rings. The number of carbonyl (C=O) groups excluding carboxylic acids is 4. The number of anilines is 2. The molecule has 4 aromatic rings. The third kappa shape index (κ3) is 4.89. The molecule has 6 unspecified atom stereocenters. The number of imide groups is 2. The highest BCUT2D eigenvalue weighted by Crippen LogP contribution is 2.66. The number of alkyl halides is 3. The number of nitrogens with zero attached hydrogens (tertiary/aromatic N) is 5. The van der Waals surface area contributed by atoms with E-state index in [1.54, 1.807) is 42.5 Å². The molecule has 52 heavy (non-hydrogen) atoms. The third-order valence-electron chi connectivity index (χ3n) is 11.0.